The predicted molar refractivity (Wildman–Crippen MR) is 287 cm³/mol. The minimum atomic E-state index is -0.340. The third kappa shape index (κ3) is 32.5. The average molecular weight is 999 g/mol. The van der Waals surface area contributed by atoms with E-state index in [2.05, 4.69) is 0 Å². The minimum absolute atomic E-state index is 0.0701. The van der Waals surface area contributed by atoms with E-state index in [0.717, 1.165) is 124 Å². The lowest BCUT2D eigenvalue weighted by atomic mass is 10.1. The van der Waals surface area contributed by atoms with Gasteiger partial charge in [0.25, 0.3) is 0 Å². The van der Waals surface area contributed by atoms with Crippen LogP contribution in [-0.2, 0) is 42.8 Å². The predicted octanol–water partition coefficient (Wildman–Crippen LogP) is 13.4. The molecule has 3 rings (SSSR count). The van der Waals surface area contributed by atoms with Gasteiger partial charge in [0.2, 0.25) is 0 Å². The molecule has 0 saturated carbocycles. The molecule has 0 fully saturated rings. The zero-order valence-electron chi connectivity index (χ0n) is 43.9. The van der Waals surface area contributed by atoms with Gasteiger partial charge in [-0.1, -0.05) is 113 Å². The highest BCUT2D eigenvalue weighted by molar-refractivity contribution is 5.88. The number of rotatable bonds is 44. The molecule has 0 aliphatic rings. The van der Waals surface area contributed by atoms with Crippen molar-refractivity contribution in [1.29, 1.82) is 0 Å². The van der Waals surface area contributed by atoms with Crippen LogP contribution >= 0.6 is 0 Å². The van der Waals surface area contributed by atoms with Gasteiger partial charge in [-0.05, 0) is 131 Å². The Kier molecular flexibility index (Phi) is 35.6. The van der Waals surface area contributed by atoms with Gasteiger partial charge in [0.05, 0.1) is 52.9 Å². The number of ether oxygens (including phenoxy) is 9. The molecule has 0 unspecified atom stereocenters. The van der Waals surface area contributed by atoms with E-state index in [-0.39, 0.29) is 24.0 Å². The zero-order valence-corrected chi connectivity index (χ0v) is 43.9. The second-order valence-corrected chi connectivity index (χ2v) is 17.5. The SMILES string of the molecule is CCOC(=O)/C=C/c1ccc(OCCCCCCCCOCC(COCCCCCCCCOc2ccc(/C=C/C(=O)OCC)cc2)OCCCCCCCCOc2ccc(/C=C/C(=O)OCC)cc2)cc1. The van der Waals surface area contributed by atoms with E-state index in [9.17, 15) is 14.4 Å². The molecule has 3 aromatic rings. The summed E-state index contributed by atoms with van der Waals surface area (Å²) < 4.78 is 51.1. The average Bonchev–Trinajstić information content (AvgIpc) is 3.39. The van der Waals surface area contributed by atoms with Crippen molar-refractivity contribution in [3.05, 3.63) is 108 Å². The molecular formula is C60H86O12. The standard InChI is InChI=1S/C60H86O12/c1-4-66-58(61)40-31-51-25-34-54(35-26-51)69-45-21-15-9-7-13-19-43-64-49-57(72-48-24-18-12-11-17-23-47-71-56-38-29-53(30-39-56)33-42-60(63)68-6-3)50-65-44-20-14-8-10-16-22-46-70-55-36-27-52(28-37-55)32-41-59(62)67-5-2/h25-42,57H,4-24,43-50H2,1-3H3/b40-31+,41-32+,42-33+. The van der Waals surface area contributed by atoms with Crippen LogP contribution in [0.2, 0.25) is 0 Å². The molecule has 0 bridgehead atoms. The first-order chi connectivity index (χ1) is 35.4. The number of unbranched alkanes of at least 4 members (excludes halogenated alkanes) is 15. The maximum absolute atomic E-state index is 11.5. The Morgan fingerprint density at radius 1 is 0.361 bits per heavy atom. The molecule has 0 aliphatic heterocycles. The molecule has 0 atom stereocenters. The molecule has 0 spiro atoms. The zero-order chi connectivity index (χ0) is 51.4. The summed E-state index contributed by atoms with van der Waals surface area (Å²) in [5, 5.41) is 0. The normalized spacial score (nSPS) is 11.5. The molecule has 12 nitrogen and oxygen atoms in total. The quantitative estimate of drug-likeness (QED) is 0.0231. The molecule has 0 radical (unpaired) electrons. The highest BCUT2D eigenvalue weighted by Crippen LogP contribution is 2.18. The summed E-state index contributed by atoms with van der Waals surface area (Å²) in [5.74, 6) is 1.48. The molecule has 0 aromatic heterocycles. The Bertz CT molecular complexity index is 1810. The summed E-state index contributed by atoms with van der Waals surface area (Å²) in [7, 11) is 0. The van der Waals surface area contributed by atoms with E-state index < -0.39 is 0 Å². The van der Waals surface area contributed by atoms with E-state index in [1.54, 1.807) is 39.0 Å². The van der Waals surface area contributed by atoms with Crippen LogP contribution in [0.5, 0.6) is 17.2 Å². The summed E-state index contributed by atoms with van der Waals surface area (Å²) in [5.41, 5.74) is 2.78. The van der Waals surface area contributed by atoms with Crippen LogP contribution in [0.3, 0.4) is 0 Å². The third-order valence-electron chi connectivity index (χ3n) is 11.4. The van der Waals surface area contributed by atoms with Gasteiger partial charge in [0, 0.05) is 38.0 Å². The number of carbonyl (C=O) groups excluding carboxylic acids is 3. The lowest BCUT2D eigenvalue weighted by molar-refractivity contribution is -0.138. The van der Waals surface area contributed by atoms with Crippen molar-refractivity contribution in [2.24, 2.45) is 0 Å². The fourth-order valence-electron chi connectivity index (χ4n) is 7.42. The maximum atomic E-state index is 11.5. The van der Waals surface area contributed by atoms with Crippen LogP contribution in [0.1, 0.15) is 153 Å². The van der Waals surface area contributed by atoms with Crippen LogP contribution in [-0.4, -0.2) is 96.7 Å². The number of carbonyl (C=O) groups is 3. The van der Waals surface area contributed by atoms with Gasteiger partial charge >= 0.3 is 17.9 Å². The lowest BCUT2D eigenvalue weighted by Crippen LogP contribution is -2.27. The third-order valence-corrected chi connectivity index (χ3v) is 11.4. The topological polar surface area (TPSA) is 134 Å². The fourth-order valence-corrected chi connectivity index (χ4v) is 7.42. The van der Waals surface area contributed by atoms with Crippen LogP contribution in [0.25, 0.3) is 18.2 Å². The summed E-state index contributed by atoms with van der Waals surface area (Å²) in [6.45, 7) is 11.8. The van der Waals surface area contributed by atoms with Gasteiger partial charge in [-0.15, -0.1) is 0 Å². The number of hydrogen-bond donors (Lipinski definition) is 0. The van der Waals surface area contributed by atoms with E-state index in [1.807, 2.05) is 72.8 Å². The molecule has 0 aliphatic carbocycles. The highest BCUT2D eigenvalue weighted by atomic mass is 16.6. The molecule has 0 heterocycles. The van der Waals surface area contributed by atoms with Crippen LogP contribution in [0.15, 0.2) is 91.0 Å². The van der Waals surface area contributed by atoms with Crippen LogP contribution in [0, 0.1) is 0 Å². The van der Waals surface area contributed by atoms with Gasteiger partial charge in [-0.25, -0.2) is 14.4 Å². The smallest absolute Gasteiger partial charge is 0.330 e. The molecule has 0 N–H and O–H groups in total. The van der Waals surface area contributed by atoms with Gasteiger partial charge in [-0.3, -0.25) is 0 Å². The van der Waals surface area contributed by atoms with Crippen molar-refractivity contribution in [1.82, 2.24) is 0 Å². The monoisotopic (exact) mass is 999 g/mol. The van der Waals surface area contributed by atoms with Crippen LogP contribution < -0.4 is 14.2 Å². The minimum Gasteiger partial charge on any atom is -0.494 e. The van der Waals surface area contributed by atoms with E-state index >= 15 is 0 Å². The highest BCUT2D eigenvalue weighted by Gasteiger charge is 2.11. The summed E-state index contributed by atoms with van der Waals surface area (Å²) in [6.07, 6.45) is 29.4. The van der Waals surface area contributed by atoms with E-state index in [1.165, 1.54) is 56.8 Å². The van der Waals surface area contributed by atoms with Gasteiger partial charge < -0.3 is 42.6 Å². The van der Waals surface area contributed by atoms with Crippen molar-refractivity contribution >= 4 is 36.1 Å². The van der Waals surface area contributed by atoms with Crippen molar-refractivity contribution in [3.8, 4) is 17.2 Å². The lowest BCUT2D eigenvalue weighted by Gasteiger charge is -2.18. The first-order valence-corrected chi connectivity index (χ1v) is 26.9. The van der Waals surface area contributed by atoms with E-state index in [4.69, 9.17) is 42.6 Å². The second kappa shape index (κ2) is 42.1. The molecule has 12 heteroatoms. The molecule has 398 valence electrons. The Morgan fingerprint density at radius 3 is 0.917 bits per heavy atom. The fraction of sp³-hybridized carbons (Fsp3) is 0.550. The second-order valence-electron chi connectivity index (χ2n) is 17.5. The van der Waals surface area contributed by atoms with Crippen molar-refractivity contribution in [2.45, 2.75) is 142 Å². The van der Waals surface area contributed by atoms with Crippen molar-refractivity contribution in [2.75, 3.05) is 72.7 Å². The number of benzene rings is 3. The van der Waals surface area contributed by atoms with Crippen molar-refractivity contribution < 1.29 is 57.0 Å². The molecule has 72 heavy (non-hydrogen) atoms. The summed E-state index contributed by atoms with van der Waals surface area (Å²) in [4.78, 5) is 34.6. The Hall–Kier alpha value is -5.43. The first kappa shape index (κ1) is 60.9. The van der Waals surface area contributed by atoms with E-state index in [0.29, 0.717) is 59.5 Å². The van der Waals surface area contributed by atoms with Gasteiger partial charge in [-0.2, -0.15) is 0 Å². The molecule has 0 saturated heterocycles. The number of esters is 3. The van der Waals surface area contributed by atoms with Crippen molar-refractivity contribution in [3.63, 3.8) is 0 Å². The molecular weight excluding hydrogens is 913 g/mol. The maximum Gasteiger partial charge on any atom is 0.330 e. The van der Waals surface area contributed by atoms with Gasteiger partial charge in [0.1, 0.15) is 23.4 Å². The van der Waals surface area contributed by atoms with Crippen LogP contribution in [0.4, 0.5) is 0 Å². The van der Waals surface area contributed by atoms with Gasteiger partial charge in [0.15, 0.2) is 0 Å². The first-order valence-electron chi connectivity index (χ1n) is 26.9. The number of hydrogen-bond acceptors (Lipinski definition) is 12. The Labute approximate surface area is 431 Å². The Morgan fingerprint density at radius 2 is 0.625 bits per heavy atom. The summed E-state index contributed by atoms with van der Waals surface area (Å²) >= 11 is 0. The summed E-state index contributed by atoms with van der Waals surface area (Å²) in [6, 6.07) is 23.2. The largest absolute Gasteiger partial charge is 0.494 e. The molecule has 3 aromatic carbocycles. The Balaban J connectivity index is 1.23. The molecule has 0 amide bonds.